The van der Waals surface area contributed by atoms with Crippen molar-refractivity contribution in [2.24, 2.45) is 5.73 Å². The van der Waals surface area contributed by atoms with E-state index < -0.39 is 29.9 Å². The lowest BCUT2D eigenvalue weighted by Crippen LogP contribution is -2.62. The van der Waals surface area contributed by atoms with E-state index in [0.29, 0.717) is 0 Å². The van der Waals surface area contributed by atoms with E-state index >= 15 is 0 Å². The first-order chi connectivity index (χ1) is 9.50. The topological polar surface area (TPSA) is 89.7 Å². The molecule has 0 aromatic heterocycles. The zero-order valence-electron chi connectivity index (χ0n) is 11.1. The van der Waals surface area contributed by atoms with Crippen molar-refractivity contribution in [2.45, 2.75) is 32.0 Å². The number of ether oxygens (including phenoxy) is 1. The minimum absolute atomic E-state index is 0.00785. The first-order valence-corrected chi connectivity index (χ1v) is 6.32. The van der Waals surface area contributed by atoms with Crippen LogP contribution < -0.4 is 5.73 Å². The number of hydrogen-bond donors (Lipinski definition) is 1. The minimum Gasteiger partial charge on any atom is -0.459 e. The maximum absolute atomic E-state index is 11.9. The molecule has 0 aliphatic carbocycles. The highest BCUT2D eigenvalue weighted by Gasteiger charge is 2.46. The fraction of sp³-hybridized carbons (Fsp3) is 0.357. The number of carbonyl (C=O) groups is 3. The van der Waals surface area contributed by atoms with Crippen LogP contribution in [0.5, 0.6) is 0 Å². The van der Waals surface area contributed by atoms with Crippen LogP contribution in [0.15, 0.2) is 30.3 Å². The molecule has 0 radical (unpaired) electrons. The van der Waals surface area contributed by atoms with E-state index in [-0.39, 0.29) is 13.0 Å². The Hall–Kier alpha value is -2.21. The molecule has 2 atom stereocenters. The highest BCUT2D eigenvalue weighted by molar-refractivity contribution is 6.07. The second-order valence-electron chi connectivity index (χ2n) is 4.70. The number of rotatable bonds is 4. The van der Waals surface area contributed by atoms with E-state index in [9.17, 15) is 14.4 Å². The second kappa shape index (κ2) is 5.83. The van der Waals surface area contributed by atoms with Crippen LogP contribution in [0.25, 0.3) is 0 Å². The van der Waals surface area contributed by atoms with Crippen molar-refractivity contribution in [1.29, 1.82) is 0 Å². The maximum atomic E-state index is 11.9. The fourth-order valence-corrected chi connectivity index (χ4v) is 1.93. The van der Waals surface area contributed by atoms with Crippen LogP contribution in [-0.4, -0.2) is 34.8 Å². The molecule has 0 bridgehead atoms. The lowest BCUT2D eigenvalue weighted by atomic mass is 10.0. The number of carbonyl (C=O) groups excluding carboxylic acids is 3. The Labute approximate surface area is 116 Å². The van der Waals surface area contributed by atoms with Crippen LogP contribution in [0.1, 0.15) is 18.9 Å². The Balaban J connectivity index is 1.93. The molecule has 1 aliphatic rings. The Morgan fingerprint density at radius 2 is 2.05 bits per heavy atom. The predicted molar refractivity (Wildman–Crippen MR) is 70.1 cm³/mol. The van der Waals surface area contributed by atoms with Crippen LogP contribution in [0.3, 0.4) is 0 Å². The predicted octanol–water partition coefficient (Wildman–Crippen LogP) is 0.205. The number of likely N-dealkylation sites (tertiary alicyclic amines) is 1. The number of nitrogens with zero attached hydrogens (tertiary/aromatic N) is 1. The highest BCUT2D eigenvalue weighted by atomic mass is 16.5. The summed E-state index contributed by atoms with van der Waals surface area (Å²) in [6, 6.07) is 7.52. The average molecular weight is 276 g/mol. The molecule has 1 heterocycles. The van der Waals surface area contributed by atoms with E-state index in [2.05, 4.69) is 0 Å². The molecule has 2 amide bonds. The SMILES string of the molecule is C[C@H](N)C(=O)N1C(=O)C[C@H]1C(=O)OCc1ccccc1. The van der Waals surface area contributed by atoms with Gasteiger partial charge in [-0.15, -0.1) is 0 Å². The summed E-state index contributed by atoms with van der Waals surface area (Å²) in [4.78, 5) is 35.9. The first-order valence-electron chi connectivity index (χ1n) is 6.32. The molecule has 6 heteroatoms. The summed E-state index contributed by atoms with van der Waals surface area (Å²) in [6.07, 6.45) is -0.00785. The van der Waals surface area contributed by atoms with E-state index in [1.54, 1.807) is 0 Å². The Bertz CT molecular complexity index is 527. The van der Waals surface area contributed by atoms with Crippen LogP contribution in [-0.2, 0) is 25.7 Å². The number of β-lactam (4-membered cyclic amide) rings is 1. The highest BCUT2D eigenvalue weighted by Crippen LogP contribution is 2.22. The summed E-state index contributed by atoms with van der Waals surface area (Å²) in [5.74, 6) is -1.53. The molecular weight excluding hydrogens is 260 g/mol. The minimum atomic E-state index is -0.843. The third kappa shape index (κ3) is 2.85. The van der Waals surface area contributed by atoms with Crippen molar-refractivity contribution >= 4 is 17.8 Å². The third-order valence-electron chi connectivity index (χ3n) is 3.07. The Morgan fingerprint density at radius 3 is 2.60 bits per heavy atom. The zero-order chi connectivity index (χ0) is 14.7. The molecule has 1 aromatic rings. The largest absolute Gasteiger partial charge is 0.459 e. The van der Waals surface area contributed by atoms with Gasteiger partial charge in [-0.05, 0) is 12.5 Å². The molecule has 106 valence electrons. The second-order valence-corrected chi connectivity index (χ2v) is 4.70. The van der Waals surface area contributed by atoms with Crippen LogP contribution >= 0.6 is 0 Å². The van der Waals surface area contributed by atoms with Crippen molar-refractivity contribution in [3.8, 4) is 0 Å². The number of esters is 1. The van der Waals surface area contributed by atoms with Crippen LogP contribution in [0, 0.1) is 0 Å². The number of hydrogen-bond acceptors (Lipinski definition) is 5. The van der Waals surface area contributed by atoms with E-state index in [4.69, 9.17) is 10.5 Å². The lowest BCUT2D eigenvalue weighted by Gasteiger charge is -2.37. The molecule has 2 rings (SSSR count). The van der Waals surface area contributed by atoms with E-state index in [1.807, 2.05) is 30.3 Å². The van der Waals surface area contributed by atoms with Gasteiger partial charge in [-0.2, -0.15) is 0 Å². The Morgan fingerprint density at radius 1 is 1.40 bits per heavy atom. The fourth-order valence-electron chi connectivity index (χ4n) is 1.93. The zero-order valence-corrected chi connectivity index (χ0v) is 11.1. The molecule has 1 fully saturated rings. The van der Waals surface area contributed by atoms with Gasteiger partial charge in [0.2, 0.25) is 11.8 Å². The van der Waals surface area contributed by atoms with Crippen LogP contribution in [0.2, 0.25) is 0 Å². The summed E-state index contributed by atoms with van der Waals surface area (Å²) in [6.45, 7) is 1.59. The van der Waals surface area contributed by atoms with Gasteiger partial charge in [0.15, 0.2) is 0 Å². The van der Waals surface area contributed by atoms with Crippen molar-refractivity contribution in [1.82, 2.24) is 4.90 Å². The smallest absolute Gasteiger partial charge is 0.330 e. The average Bonchev–Trinajstić information content (AvgIpc) is 2.43. The molecule has 1 aliphatic heterocycles. The van der Waals surface area contributed by atoms with E-state index in [0.717, 1.165) is 10.5 Å². The van der Waals surface area contributed by atoms with Crippen molar-refractivity contribution in [2.75, 3.05) is 0 Å². The van der Waals surface area contributed by atoms with Gasteiger partial charge >= 0.3 is 5.97 Å². The van der Waals surface area contributed by atoms with Gasteiger partial charge in [0.05, 0.1) is 12.5 Å². The van der Waals surface area contributed by atoms with Crippen molar-refractivity contribution in [3.63, 3.8) is 0 Å². The monoisotopic (exact) mass is 276 g/mol. The third-order valence-corrected chi connectivity index (χ3v) is 3.07. The summed E-state index contributed by atoms with van der Waals surface area (Å²) >= 11 is 0. The molecule has 0 saturated carbocycles. The summed E-state index contributed by atoms with van der Waals surface area (Å²) < 4.78 is 5.11. The molecule has 2 N–H and O–H groups in total. The van der Waals surface area contributed by atoms with Gasteiger partial charge in [0.1, 0.15) is 12.6 Å². The first kappa shape index (κ1) is 14.2. The normalized spacial score (nSPS) is 19.2. The van der Waals surface area contributed by atoms with E-state index in [1.165, 1.54) is 6.92 Å². The Kier molecular flexibility index (Phi) is 4.14. The molecule has 0 unspecified atom stereocenters. The van der Waals surface area contributed by atoms with Crippen molar-refractivity contribution in [3.05, 3.63) is 35.9 Å². The molecule has 6 nitrogen and oxygen atoms in total. The van der Waals surface area contributed by atoms with Gasteiger partial charge in [-0.25, -0.2) is 4.79 Å². The molecule has 0 spiro atoms. The van der Waals surface area contributed by atoms with Gasteiger partial charge in [-0.3, -0.25) is 14.5 Å². The lowest BCUT2D eigenvalue weighted by molar-refractivity contribution is -0.173. The quantitative estimate of drug-likeness (QED) is 0.627. The molecule has 20 heavy (non-hydrogen) atoms. The number of nitrogens with two attached hydrogens (primary N) is 1. The number of amides is 2. The molecular formula is C14H16N2O4. The number of imide groups is 1. The summed E-state index contributed by atoms with van der Waals surface area (Å²) in [5.41, 5.74) is 6.28. The standard InChI is InChI=1S/C14H16N2O4/c1-9(15)13(18)16-11(7-12(16)17)14(19)20-8-10-5-3-2-4-6-10/h2-6,9,11H,7-8,15H2,1H3/t9-,11-/m0/s1. The summed E-state index contributed by atoms with van der Waals surface area (Å²) in [5, 5.41) is 0. The van der Waals surface area contributed by atoms with Gasteiger partial charge < -0.3 is 10.5 Å². The van der Waals surface area contributed by atoms with Crippen LogP contribution in [0.4, 0.5) is 0 Å². The summed E-state index contributed by atoms with van der Waals surface area (Å²) in [7, 11) is 0. The number of benzene rings is 1. The molecule has 1 aromatic carbocycles. The van der Waals surface area contributed by atoms with Gasteiger partial charge in [0, 0.05) is 0 Å². The molecule has 1 saturated heterocycles. The van der Waals surface area contributed by atoms with Crippen molar-refractivity contribution < 1.29 is 19.1 Å². The maximum Gasteiger partial charge on any atom is 0.330 e. The van der Waals surface area contributed by atoms with Gasteiger partial charge in [0.25, 0.3) is 0 Å². The van der Waals surface area contributed by atoms with Gasteiger partial charge in [-0.1, -0.05) is 30.3 Å².